The van der Waals surface area contributed by atoms with Gasteiger partial charge in [-0.3, -0.25) is 4.79 Å². The van der Waals surface area contributed by atoms with Gasteiger partial charge in [-0.05, 0) is 0 Å². The molecule has 0 saturated carbocycles. The molecular formula is C10H19NO6. The molecule has 1 fully saturated rings. The molecule has 17 heavy (non-hydrogen) atoms. The summed E-state index contributed by atoms with van der Waals surface area (Å²) in [5, 5.41) is 21.6. The molecule has 100 valence electrons. The molecule has 0 aromatic carbocycles. The minimum Gasteiger partial charge on any atom is -0.394 e. The van der Waals surface area contributed by atoms with Gasteiger partial charge in [0.2, 0.25) is 5.91 Å². The summed E-state index contributed by atoms with van der Waals surface area (Å²) in [7, 11) is 2.83. The van der Waals surface area contributed by atoms with Crippen LogP contribution in [-0.4, -0.2) is 67.6 Å². The van der Waals surface area contributed by atoms with Crippen molar-refractivity contribution in [2.75, 3.05) is 20.8 Å². The number of carbonyl (C=O) groups excluding carboxylic acids is 1. The van der Waals surface area contributed by atoms with E-state index in [-0.39, 0.29) is 12.5 Å². The van der Waals surface area contributed by atoms with Gasteiger partial charge < -0.3 is 29.7 Å². The van der Waals surface area contributed by atoms with Gasteiger partial charge in [-0.2, -0.15) is 0 Å². The molecule has 1 aliphatic rings. The molecule has 0 radical (unpaired) electrons. The molecule has 7 nitrogen and oxygen atoms in total. The van der Waals surface area contributed by atoms with Crippen molar-refractivity contribution in [1.82, 2.24) is 5.32 Å². The van der Waals surface area contributed by atoms with Gasteiger partial charge in [0.25, 0.3) is 0 Å². The minimum atomic E-state index is -1.03. The van der Waals surface area contributed by atoms with Crippen LogP contribution in [0.15, 0.2) is 0 Å². The third-order valence-corrected chi connectivity index (χ3v) is 2.73. The van der Waals surface area contributed by atoms with Gasteiger partial charge in [-0.15, -0.1) is 0 Å². The van der Waals surface area contributed by atoms with Crippen molar-refractivity contribution in [3.05, 3.63) is 0 Å². The lowest BCUT2D eigenvalue weighted by Gasteiger charge is -2.43. The number of hydrogen-bond acceptors (Lipinski definition) is 6. The number of ether oxygens (including phenoxy) is 3. The highest BCUT2D eigenvalue weighted by molar-refractivity contribution is 5.73. The highest BCUT2D eigenvalue weighted by Crippen LogP contribution is 2.23. The van der Waals surface area contributed by atoms with Crippen LogP contribution in [0.25, 0.3) is 0 Å². The predicted molar refractivity (Wildman–Crippen MR) is 57.2 cm³/mol. The summed E-state index contributed by atoms with van der Waals surface area (Å²) < 4.78 is 15.5. The van der Waals surface area contributed by atoms with E-state index in [0.29, 0.717) is 0 Å². The van der Waals surface area contributed by atoms with Crippen LogP contribution in [0.4, 0.5) is 0 Å². The standard InChI is InChI=1S/C10H19NO6/c1-5(13)11-7-9(15-2)8(14)6(4-12)17-10(7)16-3/h6-10,12,14H,4H2,1-3H3,(H,11,13)/t6-,7-,8+,9-,10+/m1/s1. The molecule has 5 atom stereocenters. The van der Waals surface area contributed by atoms with Gasteiger partial charge in [0.1, 0.15) is 24.4 Å². The number of rotatable bonds is 4. The summed E-state index contributed by atoms with van der Waals surface area (Å²) in [5.74, 6) is -0.280. The van der Waals surface area contributed by atoms with E-state index in [2.05, 4.69) is 5.32 Å². The van der Waals surface area contributed by atoms with E-state index < -0.39 is 30.6 Å². The summed E-state index contributed by atoms with van der Waals surface area (Å²) in [6, 6.07) is -0.625. The first-order valence-electron chi connectivity index (χ1n) is 5.32. The van der Waals surface area contributed by atoms with E-state index in [9.17, 15) is 9.90 Å². The van der Waals surface area contributed by atoms with Crippen molar-refractivity contribution in [2.45, 2.75) is 37.6 Å². The van der Waals surface area contributed by atoms with Crippen molar-refractivity contribution in [3.8, 4) is 0 Å². The minimum absolute atomic E-state index is 0.280. The van der Waals surface area contributed by atoms with Gasteiger partial charge in [0.05, 0.1) is 6.61 Å². The van der Waals surface area contributed by atoms with Crippen molar-refractivity contribution in [1.29, 1.82) is 0 Å². The molecule has 0 aromatic heterocycles. The Morgan fingerprint density at radius 2 is 2.06 bits per heavy atom. The molecule has 0 bridgehead atoms. The van der Waals surface area contributed by atoms with E-state index in [1.807, 2.05) is 0 Å². The average Bonchev–Trinajstić information content (AvgIpc) is 2.29. The number of hydrogen-bond donors (Lipinski definition) is 3. The molecule has 1 amide bonds. The number of nitrogens with one attached hydrogen (secondary N) is 1. The van der Waals surface area contributed by atoms with Gasteiger partial charge in [0, 0.05) is 21.1 Å². The molecule has 1 rings (SSSR count). The zero-order chi connectivity index (χ0) is 13.0. The molecule has 3 N–H and O–H groups in total. The molecule has 1 heterocycles. The van der Waals surface area contributed by atoms with E-state index >= 15 is 0 Å². The van der Waals surface area contributed by atoms with Crippen LogP contribution in [0.5, 0.6) is 0 Å². The molecule has 0 spiro atoms. The van der Waals surface area contributed by atoms with Gasteiger partial charge in [-0.25, -0.2) is 0 Å². The number of carbonyl (C=O) groups is 1. The lowest BCUT2D eigenvalue weighted by molar-refractivity contribution is -0.266. The molecule has 7 heteroatoms. The Balaban J connectivity index is 2.86. The quantitative estimate of drug-likeness (QED) is 0.545. The van der Waals surface area contributed by atoms with Gasteiger partial charge in [-0.1, -0.05) is 0 Å². The van der Waals surface area contributed by atoms with E-state index in [0.717, 1.165) is 0 Å². The van der Waals surface area contributed by atoms with Crippen molar-refractivity contribution in [3.63, 3.8) is 0 Å². The molecule has 0 aromatic rings. The molecule has 1 saturated heterocycles. The Morgan fingerprint density at radius 1 is 1.41 bits per heavy atom. The Morgan fingerprint density at radius 3 is 2.47 bits per heavy atom. The second kappa shape index (κ2) is 6.27. The summed E-state index contributed by atoms with van der Waals surface area (Å²) >= 11 is 0. The lowest BCUT2D eigenvalue weighted by atomic mass is 9.96. The summed E-state index contributed by atoms with van der Waals surface area (Å²) in [6.45, 7) is 0.998. The number of methoxy groups -OCH3 is 2. The third kappa shape index (κ3) is 3.14. The fraction of sp³-hybridized carbons (Fsp3) is 0.900. The van der Waals surface area contributed by atoms with Crippen molar-refractivity contribution >= 4 is 5.91 Å². The summed E-state index contributed by atoms with van der Waals surface area (Å²) in [5.41, 5.74) is 0. The smallest absolute Gasteiger partial charge is 0.217 e. The first-order chi connectivity index (χ1) is 8.04. The molecule has 1 aliphatic heterocycles. The van der Waals surface area contributed by atoms with Crippen LogP contribution < -0.4 is 5.32 Å². The predicted octanol–water partition coefficient (Wildman–Crippen LogP) is -1.77. The van der Waals surface area contributed by atoms with Gasteiger partial charge in [0.15, 0.2) is 6.29 Å². The molecule has 0 aliphatic carbocycles. The second-order valence-corrected chi connectivity index (χ2v) is 3.88. The SMILES string of the molecule is CO[C@H]1O[C@H](CO)[C@H](O)[C@H](OC)[C@H]1NC(C)=O. The monoisotopic (exact) mass is 249 g/mol. The lowest BCUT2D eigenvalue weighted by Crippen LogP contribution is -2.64. The number of aliphatic hydroxyl groups is 2. The summed E-state index contributed by atoms with van der Waals surface area (Å²) in [6.07, 6.45) is -3.30. The average molecular weight is 249 g/mol. The summed E-state index contributed by atoms with van der Waals surface area (Å²) in [4.78, 5) is 11.1. The van der Waals surface area contributed by atoms with Crippen LogP contribution in [0.2, 0.25) is 0 Å². The van der Waals surface area contributed by atoms with E-state index in [4.69, 9.17) is 19.3 Å². The van der Waals surface area contributed by atoms with Gasteiger partial charge >= 0.3 is 0 Å². The Hall–Kier alpha value is -0.730. The fourth-order valence-corrected chi connectivity index (χ4v) is 1.94. The normalized spacial score (nSPS) is 37.8. The molecule has 0 unspecified atom stereocenters. The van der Waals surface area contributed by atoms with Crippen molar-refractivity contribution < 1.29 is 29.2 Å². The largest absolute Gasteiger partial charge is 0.394 e. The Labute approximate surface area is 99.7 Å². The highest BCUT2D eigenvalue weighted by atomic mass is 16.7. The fourth-order valence-electron chi connectivity index (χ4n) is 1.94. The first-order valence-corrected chi connectivity index (χ1v) is 5.32. The van der Waals surface area contributed by atoms with Crippen LogP contribution >= 0.6 is 0 Å². The number of aliphatic hydroxyl groups excluding tert-OH is 2. The van der Waals surface area contributed by atoms with Crippen LogP contribution in [0, 0.1) is 0 Å². The second-order valence-electron chi connectivity index (χ2n) is 3.88. The topological polar surface area (TPSA) is 97.2 Å². The maximum atomic E-state index is 11.1. The zero-order valence-electron chi connectivity index (χ0n) is 10.1. The highest BCUT2D eigenvalue weighted by Gasteiger charge is 2.45. The van der Waals surface area contributed by atoms with Crippen LogP contribution in [0.1, 0.15) is 6.92 Å². The first kappa shape index (κ1) is 14.3. The van der Waals surface area contributed by atoms with E-state index in [1.165, 1.54) is 21.1 Å². The van der Waals surface area contributed by atoms with Crippen molar-refractivity contribution in [2.24, 2.45) is 0 Å². The van der Waals surface area contributed by atoms with Crippen LogP contribution in [-0.2, 0) is 19.0 Å². The number of amides is 1. The van der Waals surface area contributed by atoms with Crippen LogP contribution in [0.3, 0.4) is 0 Å². The Kier molecular flexibility index (Phi) is 5.29. The zero-order valence-corrected chi connectivity index (χ0v) is 10.1. The molecular weight excluding hydrogens is 230 g/mol. The maximum Gasteiger partial charge on any atom is 0.217 e. The maximum absolute atomic E-state index is 11.1. The van der Waals surface area contributed by atoms with E-state index in [1.54, 1.807) is 0 Å². The Bertz CT molecular complexity index is 261. The third-order valence-electron chi connectivity index (χ3n) is 2.73.